The van der Waals surface area contributed by atoms with Crippen LogP contribution in [0.4, 0.5) is 21.9 Å². The molecule has 3 aromatic carbocycles. The first kappa shape index (κ1) is 19.8. The molecule has 1 heterocycles. The van der Waals surface area contributed by atoms with Crippen molar-refractivity contribution in [1.29, 1.82) is 0 Å². The number of urea groups is 1. The highest BCUT2D eigenvalue weighted by Gasteiger charge is 2.26. The van der Waals surface area contributed by atoms with Crippen molar-refractivity contribution in [2.45, 2.75) is 6.42 Å². The predicted molar refractivity (Wildman–Crippen MR) is 119 cm³/mol. The Labute approximate surface area is 179 Å². The molecule has 0 saturated carbocycles. The molecule has 2 N–H and O–H groups in total. The molecule has 0 spiro atoms. The smallest absolute Gasteiger partial charge is 0.323 e. The van der Waals surface area contributed by atoms with Gasteiger partial charge in [0.05, 0.1) is 12.8 Å². The zero-order valence-corrected chi connectivity index (χ0v) is 17.1. The number of hydrogen-bond acceptors (Lipinski definition) is 3. The van der Waals surface area contributed by atoms with E-state index in [0.717, 1.165) is 17.7 Å². The molecule has 0 aromatic heterocycles. The van der Waals surface area contributed by atoms with E-state index in [9.17, 15) is 9.59 Å². The third-order valence-corrected chi connectivity index (χ3v) is 5.15. The van der Waals surface area contributed by atoms with Gasteiger partial charge in [-0.05, 0) is 54.4 Å². The highest BCUT2D eigenvalue weighted by Crippen LogP contribution is 2.32. The van der Waals surface area contributed by atoms with Crippen LogP contribution in [0.5, 0.6) is 5.75 Å². The Balaban J connectivity index is 1.51. The molecule has 0 fully saturated rings. The quantitative estimate of drug-likeness (QED) is 0.608. The summed E-state index contributed by atoms with van der Waals surface area (Å²) in [5.74, 6) is 0.447. The van der Waals surface area contributed by atoms with Gasteiger partial charge in [0.25, 0.3) is 5.91 Å². The number of methoxy groups -OCH3 is 1. The molecule has 0 bridgehead atoms. The fraction of sp³-hybridized carbons (Fsp3) is 0.130. The summed E-state index contributed by atoms with van der Waals surface area (Å²) in [4.78, 5) is 27.1. The van der Waals surface area contributed by atoms with E-state index in [2.05, 4.69) is 10.6 Å². The molecule has 30 heavy (non-hydrogen) atoms. The van der Waals surface area contributed by atoms with E-state index in [1.807, 2.05) is 36.4 Å². The van der Waals surface area contributed by atoms with Gasteiger partial charge in [0.1, 0.15) is 5.75 Å². The second-order valence-electron chi connectivity index (χ2n) is 6.84. The molecule has 4 rings (SSSR count). The monoisotopic (exact) mass is 421 g/mol. The number of rotatable bonds is 4. The van der Waals surface area contributed by atoms with E-state index in [4.69, 9.17) is 16.3 Å². The summed E-state index contributed by atoms with van der Waals surface area (Å²) in [6, 6.07) is 19.3. The summed E-state index contributed by atoms with van der Waals surface area (Å²) in [6.45, 7) is 0.610. The summed E-state index contributed by atoms with van der Waals surface area (Å²) in [7, 11) is 1.52. The standard InChI is InChI=1S/C23H20ClN3O3/c1-30-21-10-8-17(24)13-19(21)26-23(29)25-18-9-7-15-11-12-27(20(15)14-18)22(28)16-5-3-2-4-6-16/h2-10,13-14H,11-12H2,1H3,(H2,25,26,29). The molecule has 1 aliphatic rings. The van der Waals surface area contributed by atoms with Crippen LogP contribution in [-0.2, 0) is 6.42 Å². The summed E-state index contributed by atoms with van der Waals surface area (Å²) >= 11 is 6.01. The average Bonchev–Trinajstić information content (AvgIpc) is 3.17. The fourth-order valence-electron chi connectivity index (χ4n) is 3.47. The minimum atomic E-state index is -0.436. The topological polar surface area (TPSA) is 70.7 Å². The first-order valence-corrected chi connectivity index (χ1v) is 9.84. The summed E-state index contributed by atoms with van der Waals surface area (Å²) in [6.07, 6.45) is 0.778. The number of nitrogens with one attached hydrogen (secondary N) is 2. The molecule has 0 unspecified atom stereocenters. The van der Waals surface area contributed by atoms with Crippen molar-refractivity contribution in [1.82, 2.24) is 0 Å². The van der Waals surface area contributed by atoms with E-state index in [-0.39, 0.29) is 5.91 Å². The Morgan fingerprint density at radius 3 is 2.57 bits per heavy atom. The molecule has 0 radical (unpaired) electrons. The highest BCUT2D eigenvalue weighted by atomic mass is 35.5. The van der Waals surface area contributed by atoms with Crippen molar-refractivity contribution in [3.63, 3.8) is 0 Å². The Morgan fingerprint density at radius 2 is 1.80 bits per heavy atom. The minimum Gasteiger partial charge on any atom is -0.495 e. The van der Waals surface area contributed by atoms with E-state index in [0.29, 0.717) is 34.3 Å². The maximum absolute atomic E-state index is 12.9. The Morgan fingerprint density at radius 1 is 1.00 bits per heavy atom. The number of ether oxygens (including phenoxy) is 1. The van der Waals surface area contributed by atoms with Crippen molar-refractivity contribution in [3.05, 3.63) is 82.9 Å². The molecular weight excluding hydrogens is 402 g/mol. The number of carbonyl (C=O) groups excluding carboxylic acids is 2. The summed E-state index contributed by atoms with van der Waals surface area (Å²) < 4.78 is 5.25. The van der Waals surface area contributed by atoms with Crippen LogP contribution in [0.2, 0.25) is 5.02 Å². The number of benzene rings is 3. The van der Waals surface area contributed by atoms with Gasteiger partial charge in [-0.3, -0.25) is 4.79 Å². The average molecular weight is 422 g/mol. The molecule has 3 amide bonds. The van der Waals surface area contributed by atoms with Crippen LogP contribution in [0.15, 0.2) is 66.7 Å². The van der Waals surface area contributed by atoms with Crippen molar-refractivity contribution in [2.75, 3.05) is 29.2 Å². The molecule has 7 heteroatoms. The van der Waals surface area contributed by atoms with Gasteiger partial charge in [0.15, 0.2) is 0 Å². The zero-order valence-electron chi connectivity index (χ0n) is 16.3. The van der Waals surface area contributed by atoms with Crippen LogP contribution < -0.4 is 20.3 Å². The van der Waals surface area contributed by atoms with Gasteiger partial charge in [-0.1, -0.05) is 35.9 Å². The first-order chi connectivity index (χ1) is 14.5. The normalized spacial score (nSPS) is 12.3. The maximum atomic E-state index is 12.9. The lowest BCUT2D eigenvalue weighted by atomic mass is 10.1. The van der Waals surface area contributed by atoms with Crippen LogP contribution in [0, 0.1) is 0 Å². The van der Waals surface area contributed by atoms with Gasteiger partial charge in [0.2, 0.25) is 0 Å². The predicted octanol–water partition coefficient (Wildman–Crippen LogP) is 5.20. The third kappa shape index (κ3) is 4.09. The van der Waals surface area contributed by atoms with Crippen molar-refractivity contribution in [3.8, 4) is 5.75 Å². The maximum Gasteiger partial charge on any atom is 0.323 e. The number of hydrogen-bond donors (Lipinski definition) is 2. The SMILES string of the molecule is COc1ccc(Cl)cc1NC(=O)Nc1ccc2c(c1)N(C(=O)c1ccccc1)CC2. The second kappa shape index (κ2) is 8.47. The molecule has 0 aliphatic carbocycles. The number of fused-ring (bicyclic) bond motifs is 1. The Bertz CT molecular complexity index is 1100. The van der Waals surface area contributed by atoms with Gasteiger partial charge in [-0.2, -0.15) is 0 Å². The molecule has 152 valence electrons. The summed E-state index contributed by atoms with van der Waals surface area (Å²) in [5, 5.41) is 6.03. The van der Waals surface area contributed by atoms with Crippen molar-refractivity contribution < 1.29 is 14.3 Å². The largest absolute Gasteiger partial charge is 0.495 e. The first-order valence-electron chi connectivity index (χ1n) is 9.46. The highest BCUT2D eigenvalue weighted by molar-refractivity contribution is 6.31. The van der Waals surface area contributed by atoms with Crippen LogP contribution in [0.3, 0.4) is 0 Å². The van der Waals surface area contributed by atoms with Crippen LogP contribution in [-0.4, -0.2) is 25.6 Å². The van der Waals surface area contributed by atoms with Gasteiger partial charge in [-0.15, -0.1) is 0 Å². The van der Waals surface area contributed by atoms with Crippen LogP contribution in [0.1, 0.15) is 15.9 Å². The fourth-order valence-corrected chi connectivity index (χ4v) is 3.64. The second-order valence-corrected chi connectivity index (χ2v) is 7.28. The Kier molecular flexibility index (Phi) is 5.59. The lowest BCUT2D eigenvalue weighted by Crippen LogP contribution is -2.29. The van der Waals surface area contributed by atoms with Gasteiger partial charge in [0, 0.05) is 28.5 Å². The van der Waals surface area contributed by atoms with Gasteiger partial charge >= 0.3 is 6.03 Å². The van der Waals surface area contributed by atoms with Crippen molar-refractivity contribution >= 4 is 40.6 Å². The number of nitrogens with zero attached hydrogens (tertiary/aromatic N) is 1. The van der Waals surface area contributed by atoms with E-state index in [1.54, 1.807) is 35.2 Å². The number of halogens is 1. The van der Waals surface area contributed by atoms with Crippen LogP contribution >= 0.6 is 11.6 Å². The van der Waals surface area contributed by atoms with Crippen LogP contribution in [0.25, 0.3) is 0 Å². The number of anilines is 3. The van der Waals surface area contributed by atoms with E-state index in [1.165, 1.54) is 7.11 Å². The lowest BCUT2D eigenvalue weighted by molar-refractivity contribution is 0.0989. The molecule has 3 aromatic rings. The lowest BCUT2D eigenvalue weighted by Gasteiger charge is -2.18. The molecular formula is C23H20ClN3O3. The van der Waals surface area contributed by atoms with Gasteiger partial charge < -0.3 is 20.3 Å². The van der Waals surface area contributed by atoms with E-state index < -0.39 is 6.03 Å². The molecule has 0 saturated heterocycles. The molecule has 6 nitrogen and oxygen atoms in total. The van der Waals surface area contributed by atoms with Crippen molar-refractivity contribution in [2.24, 2.45) is 0 Å². The Hall–Kier alpha value is -3.51. The van der Waals surface area contributed by atoms with E-state index >= 15 is 0 Å². The summed E-state index contributed by atoms with van der Waals surface area (Å²) in [5.41, 5.74) is 3.56. The number of carbonyl (C=O) groups is 2. The van der Waals surface area contributed by atoms with Gasteiger partial charge in [-0.25, -0.2) is 4.79 Å². The zero-order chi connectivity index (χ0) is 21.1. The third-order valence-electron chi connectivity index (χ3n) is 4.91. The minimum absolute atomic E-state index is 0.0559. The molecule has 0 atom stereocenters. The molecule has 1 aliphatic heterocycles. The number of amides is 3.